The third-order valence-electron chi connectivity index (χ3n) is 4.39. The van der Waals surface area contributed by atoms with Gasteiger partial charge in [0.2, 0.25) is 0 Å². The van der Waals surface area contributed by atoms with Crippen molar-refractivity contribution < 1.29 is 4.79 Å². The lowest BCUT2D eigenvalue weighted by atomic mass is 10.00. The fourth-order valence-electron chi connectivity index (χ4n) is 3.00. The number of hydrogen-bond donors (Lipinski definition) is 1. The summed E-state index contributed by atoms with van der Waals surface area (Å²) in [5, 5.41) is 3.54. The van der Waals surface area contributed by atoms with Crippen LogP contribution in [-0.4, -0.2) is 16.8 Å². The number of nitrogens with one attached hydrogen (secondary N) is 1. The first-order valence-electron chi connectivity index (χ1n) is 7.86. The quantitative estimate of drug-likeness (QED) is 0.912. The summed E-state index contributed by atoms with van der Waals surface area (Å²) in [6, 6.07) is 16.3. The van der Waals surface area contributed by atoms with Crippen molar-refractivity contribution in [1.29, 1.82) is 0 Å². The molecule has 2 aromatic carbocycles. The van der Waals surface area contributed by atoms with Gasteiger partial charge in [-0.05, 0) is 38.0 Å². The maximum atomic E-state index is 13.0. The number of carbonyl (C=O) groups is 1. The van der Waals surface area contributed by atoms with Crippen molar-refractivity contribution in [3.05, 3.63) is 65.2 Å². The van der Waals surface area contributed by atoms with Gasteiger partial charge < -0.3 is 10.2 Å². The van der Waals surface area contributed by atoms with Gasteiger partial charge in [-0.1, -0.05) is 48.9 Å². The summed E-state index contributed by atoms with van der Waals surface area (Å²) < 4.78 is 0. The van der Waals surface area contributed by atoms with Crippen LogP contribution >= 0.6 is 0 Å². The molecule has 0 radical (unpaired) electrons. The van der Waals surface area contributed by atoms with E-state index in [-0.39, 0.29) is 18.1 Å². The van der Waals surface area contributed by atoms with Crippen LogP contribution in [0.4, 0.5) is 5.69 Å². The van der Waals surface area contributed by atoms with Crippen LogP contribution in [0, 0.1) is 6.92 Å². The fraction of sp³-hybridized carbons (Fsp3) is 0.316. The SMILES string of the molecule is CC[C@@H](C)N1C(=O)c2ccccc2N[C@H]1c1cccc(C)c1. The average Bonchev–Trinajstić information content (AvgIpc) is 2.54. The highest BCUT2D eigenvalue weighted by Gasteiger charge is 2.35. The number of fused-ring (bicyclic) bond motifs is 1. The second-order valence-corrected chi connectivity index (χ2v) is 5.98. The third-order valence-corrected chi connectivity index (χ3v) is 4.39. The molecule has 1 amide bonds. The number of carbonyl (C=O) groups excluding carboxylic acids is 1. The molecule has 0 unspecified atom stereocenters. The Morgan fingerprint density at radius 3 is 2.68 bits per heavy atom. The molecule has 2 atom stereocenters. The fourth-order valence-corrected chi connectivity index (χ4v) is 3.00. The van der Waals surface area contributed by atoms with E-state index in [1.165, 1.54) is 5.56 Å². The second-order valence-electron chi connectivity index (χ2n) is 5.98. The Hall–Kier alpha value is -2.29. The molecule has 0 bridgehead atoms. The number of rotatable bonds is 3. The lowest BCUT2D eigenvalue weighted by molar-refractivity contribution is 0.0593. The van der Waals surface area contributed by atoms with Crippen LogP contribution in [0.3, 0.4) is 0 Å². The van der Waals surface area contributed by atoms with Crippen LogP contribution in [0.5, 0.6) is 0 Å². The number of benzene rings is 2. The molecule has 22 heavy (non-hydrogen) atoms. The number of para-hydroxylation sites is 1. The van der Waals surface area contributed by atoms with Crippen molar-refractivity contribution in [3.63, 3.8) is 0 Å². The topological polar surface area (TPSA) is 32.3 Å². The largest absolute Gasteiger partial charge is 0.361 e. The van der Waals surface area contributed by atoms with E-state index in [0.29, 0.717) is 0 Å². The molecule has 3 rings (SSSR count). The molecule has 1 aliphatic rings. The van der Waals surface area contributed by atoms with Crippen molar-refractivity contribution in [2.75, 3.05) is 5.32 Å². The first kappa shape index (κ1) is 14.6. The normalized spacial score (nSPS) is 18.6. The van der Waals surface area contributed by atoms with Gasteiger partial charge in [0.25, 0.3) is 5.91 Å². The Bertz CT molecular complexity index is 695. The smallest absolute Gasteiger partial charge is 0.258 e. The van der Waals surface area contributed by atoms with Gasteiger partial charge >= 0.3 is 0 Å². The minimum atomic E-state index is -0.114. The van der Waals surface area contributed by atoms with Gasteiger partial charge in [0.15, 0.2) is 0 Å². The minimum Gasteiger partial charge on any atom is -0.361 e. The third kappa shape index (κ3) is 2.47. The Kier molecular flexibility index (Phi) is 3.88. The van der Waals surface area contributed by atoms with Crippen molar-refractivity contribution in [2.24, 2.45) is 0 Å². The summed E-state index contributed by atoms with van der Waals surface area (Å²) in [5.74, 6) is 0.107. The highest BCUT2D eigenvalue weighted by Crippen LogP contribution is 2.35. The van der Waals surface area contributed by atoms with Gasteiger partial charge in [-0.15, -0.1) is 0 Å². The molecule has 1 N–H and O–H groups in total. The Balaban J connectivity index is 2.09. The lowest BCUT2D eigenvalue weighted by Gasteiger charge is -2.41. The van der Waals surface area contributed by atoms with Gasteiger partial charge in [-0.3, -0.25) is 4.79 Å². The molecule has 1 aliphatic heterocycles. The van der Waals surface area contributed by atoms with E-state index in [9.17, 15) is 4.79 Å². The van der Waals surface area contributed by atoms with Gasteiger partial charge in [0.05, 0.1) is 5.56 Å². The predicted octanol–water partition coefficient (Wildman–Crippen LogP) is 4.36. The highest BCUT2D eigenvalue weighted by molar-refractivity contribution is 6.01. The maximum absolute atomic E-state index is 13.0. The molecule has 0 aromatic heterocycles. The average molecular weight is 294 g/mol. The van der Waals surface area contributed by atoms with E-state index < -0.39 is 0 Å². The summed E-state index contributed by atoms with van der Waals surface area (Å²) in [6.07, 6.45) is 0.815. The zero-order valence-corrected chi connectivity index (χ0v) is 13.3. The summed E-state index contributed by atoms with van der Waals surface area (Å²) in [6.45, 7) is 6.30. The molecule has 1 heterocycles. The monoisotopic (exact) mass is 294 g/mol. The van der Waals surface area contributed by atoms with E-state index in [1.807, 2.05) is 35.2 Å². The van der Waals surface area contributed by atoms with Gasteiger partial charge in [0, 0.05) is 11.7 Å². The number of amides is 1. The predicted molar refractivity (Wildman–Crippen MR) is 89.9 cm³/mol. The van der Waals surface area contributed by atoms with Crippen LogP contribution in [0.25, 0.3) is 0 Å². The zero-order valence-electron chi connectivity index (χ0n) is 13.3. The highest BCUT2D eigenvalue weighted by atomic mass is 16.2. The molecule has 0 aliphatic carbocycles. The molecule has 0 fully saturated rings. The standard InChI is InChI=1S/C19H22N2O/c1-4-14(3)21-18(15-9-7-8-13(2)12-15)20-17-11-6-5-10-16(17)19(21)22/h5-12,14,18,20H,4H2,1-3H3/t14-,18-/m1/s1. The first-order chi connectivity index (χ1) is 10.6. The van der Waals surface area contributed by atoms with Crippen molar-refractivity contribution >= 4 is 11.6 Å². The van der Waals surface area contributed by atoms with Gasteiger partial charge in [-0.25, -0.2) is 0 Å². The summed E-state index contributed by atoms with van der Waals surface area (Å²) in [7, 11) is 0. The zero-order chi connectivity index (χ0) is 15.7. The van der Waals surface area contributed by atoms with E-state index in [0.717, 1.165) is 23.2 Å². The van der Waals surface area contributed by atoms with Crippen molar-refractivity contribution in [2.45, 2.75) is 39.4 Å². The molecule has 2 aromatic rings. The van der Waals surface area contributed by atoms with Gasteiger partial charge in [-0.2, -0.15) is 0 Å². The van der Waals surface area contributed by atoms with Crippen LogP contribution in [0.1, 0.15) is 47.9 Å². The van der Waals surface area contributed by atoms with E-state index in [2.05, 4.69) is 44.3 Å². The maximum Gasteiger partial charge on any atom is 0.258 e. The van der Waals surface area contributed by atoms with Crippen LogP contribution in [0.2, 0.25) is 0 Å². The lowest BCUT2D eigenvalue weighted by Crippen LogP contribution is -2.47. The summed E-state index contributed by atoms with van der Waals surface area (Å²) in [4.78, 5) is 14.9. The van der Waals surface area contributed by atoms with Crippen LogP contribution in [0.15, 0.2) is 48.5 Å². The van der Waals surface area contributed by atoms with Crippen molar-refractivity contribution in [3.8, 4) is 0 Å². The Morgan fingerprint density at radius 1 is 1.18 bits per heavy atom. The van der Waals surface area contributed by atoms with Crippen LogP contribution in [-0.2, 0) is 0 Å². The molecular weight excluding hydrogens is 272 g/mol. The molecule has 0 saturated heterocycles. The molecule has 0 spiro atoms. The van der Waals surface area contributed by atoms with Crippen molar-refractivity contribution in [1.82, 2.24) is 4.90 Å². The molecule has 3 heteroatoms. The molecular formula is C19H22N2O. The minimum absolute atomic E-state index is 0.107. The summed E-state index contributed by atoms with van der Waals surface area (Å²) >= 11 is 0. The Labute approximate surface area is 132 Å². The number of hydrogen-bond acceptors (Lipinski definition) is 2. The molecule has 3 nitrogen and oxygen atoms in total. The molecule has 0 saturated carbocycles. The Morgan fingerprint density at radius 2 is 1.95 bits per heavy atom. The summed E-state index contributed by atoms with van der Waals surface area (Å²) in [5.41, 5.74) is 4.00. The number of nitrogens with zero attached hydrogens (tertiary/aromatic N) is 1. The van der Waals surface area contributed by atoms with E-state index in [1.54, 1.807) is 0 Å². The molecule has 114 valence electrons. The van der Waals surface area contributed by atoms with Crippen LogP contribution < -0.4 is 5.32 Å². The number of aryl methyl sites for hydroxylation is 1. The van der Waals surface area contributed by atoms with E-state index in [4.69, 9.17) is 0 Å². The van der Waals surface area contributed by atoms with Gasteiger partial charge in [0.1, 0.15) is 6.17 Å². The first-order valence-corrected chi connectivity index (χ1v) is 7.86. The van der Waals surface area contributed by atoms with E-state index >= 15 is 0 Å². The number of anilines is 1. The second kappa shape index (κ2) is 5.84.